The van der Waals surface area contributed by atoms with Gasteiger partial charge >= 0.3 is 5.97 Å². The molecular weight excluding hydrogens is 265 g/mol. The van der Waals surface area contributed by atoms with Crippen LogP contribution in [0.5, 0.6) is 5.75 Å². The number of rotatable bonds is 5. The van der Waals surface area contributed by atoms with E-state index in [1.54, 1.807) is 6.07 Å². The highest BCUT2D eigenvalue weighted by Crippen LogP contribution is 2.25. The Labute approximate surface area is 116 Å². The van der Waals surface area contributed by atoms with E-state index in [2.05, 4.69) is 0 Å². The molecule has 0 bridgehead atoms. The minimum Gasteiger partial charge on any atom is -0.487 e. The lowest BCUT2D eigenvalue weighted by Crippen LogP contribution is -2.26. The molecule has 1 fully saturated rings. The van der Waals surface area contributed by atoms with Crippen LogP contribution in [0.4, 0.5) is 4.39 Å². The zero-order chi connectivity index (χ0) is 14.5. The van der Waals surface area contributed by atoms with Crippen LogP contribution < -0.4 is 10.5 Å². The SMILES string of the molecule is NCC(C(=O)O)c1ccc(OC2CCOCC2)c(F)c1. The van der Waals surface area contributed by atoms with Crippen LogP contribution in [0.15, 0.2) is 18.2 Å². The minimum absolute atomic E-state index is 0.0612. The molecule has 2 rings (SSSR count). The smallest absolute Gasteiger partial charge is 0.312 e. The van der Waals surface area contributed by atoms with E-state index in [9.17, 15) is 9.18 Å². The van der Waals surface area contributed by atoms with E-state index in [1.807, 2.05) is 0 Å². The van der Waals surface area contributed by atoms with Crippen LogP contribution in [0.25, 0.3) is 0 Å². The second kappa shape index (κ2) is 6.67. The van der Waals surface area contributed by atoms with Gasteiger partial charge in [-0.25, -0.2) is 4.39 Å². The summed E-state index contributed by atoms with van der Waals surface area (Å²) in [7, 11) is 0. The molecule has 1 aromatic carbocycles. The highest BCUT2D eigenvalue weighted by molar-refractivity contribution is 5.76. The molecule has 1 aromatic rings. The number of hydrogen-bond donors (Lipinski definition) is 2. The van der Waals surface area contributed by atoms with Gasteiger partial charge in [-0.05, 0) is 17.7 Å². The maximum absolute atomic E-state index is 14.0. The van der Waals surface area contributed by atoms with Crippen molar-refractivity contribution in [3.8, 4) is 5.75 Å². The van der Waals surface area contributed by atoms with Crippen molar-refractivity contribution < 1.29 is 23.8 Å². The van der Waals surface area contributed by atoms with E-state index in [0.29, 0.717) is 18.8 Å². The maximum Gasteiger partial charge on any atom is 0.312 e. The summed E-state index contributed by atoms with van der Waals surface area (Å²) in [5.74, 6) is -2.39. The second-order valence-corrected chi connectivity index (χ2v) is 4.75. The molecule has 5 nitrogen and oxygen atoms in total. The normalized spacial score (nSPS) is 17.7. The Morgan fingerprint density at radius 2 is 2.20 bits per heavy atom. The Morgan fingerprint density at radius 1 is 1.50 bits per heavy atom. The lowest BCUT2D eigenvalue weighted by atomic mass is 9.99. The molecule has 0 aromatic heterocycles. The topological polar surface area (TPSA) is 81.8 Å². The molecule has 0 spiro atoms. The van der Waals surface area contributed by atoms with Crippen LogP contribution in [-0.4, -0.2) is 36.9 Å². The van der Waals surface area contributed by atoms with Gasteiger partial charge in [-0.2, -0.15) is 0 Å². The molecular formula is C14H18FNO4. The summed E-state index contributed by atoms with van der Waals surface area (Å²) < 4.78 is 24.8. The summed E-state index contributed by atoms with van der Waals surface area (Å²) in [5.41, 5.74) is 5.74. The molecule has 1 atom stereocenters. The third kappa shape index (κ3) is 3.46. The molecule has 3 N–H and O–H groups in total. The van der Waals surface area contributed by atoms with Crippen LogP contribution in [0.3, 0.4) is 0 Å². The molecule has 6 heteroatoms. The first kappa shape index (κ1) is 14.7. The van der Waals surface area contributed by atoms with Crippen LogP contribution in [0, 0.1) is 5.82 Å². The van der Waals surface area contributed by atoms with Crippen molar-refractivity contribution >= 4 is 5.97 Å². The summed E-state index contributed by atoms with van der Waals surface area (Å²) in [6.45, 7) is 1.15. The first-order valence-corrected chi connectivity index (χ1v) is 6.58. The van der Waals surface area contributed by atoms with E-state index in [0.717, 1.165) is 12.8 Å². The zero-order valence-corrected chi connectivity index (χ0v) is 11.0. The number of carboxylic acids is 1. The van der Waals surface area contributed by atoms with Gasteiger partial charge < -0.3 is 20.3 Å². The minimum atomic E-state index is -1.06. The fraction of sp³-hybridized carbons (Fsp3) is 0.500. The van der Waals surface area contributed by atoms with Gasteiger partial charge in [-0.3, -0.25) is 4.79 Å². The van der Waals surface area contributed by atoms with Crippen LogP contribution in [0.1, 0.15) is 24.3 Å². The first-order valence-electron chi connectivity index (χ1n) is 6.58. The molecule has 1 aliphatic rings. The fourth-order valence-corrected chi connectivity index (χ4v) is 2.18. The lowest BCUT2D eigenvalue weighted by molar-refractivity contribution is -0.138. The number of nitrogens with two attached hydrogens (primary N) is 1. The highest BCUT2D eigenvalue weighted by atomic mass is 19.1. The molecule has 110 valence electrons. The third-order valence-corrected chi connectivity index (χ3v) is 3.35. The standard InChI is InChI=1S/C14H18FNO4/c15-12-7-9(11(8-16)14(17)18)1-2-13(12)20-10-3-5-19-6-4-10/h1-2,7,10-11H,3-6,8,16H2,(H,17,18). The first-order chi connectivity index (χ1) is 9.61. The van der Waals surface area contributed by atoms with Gasteiger partial charge in [0.1, 0.15) is 6.10 Å². The zero-order valence-electron chi connectivity index (χ0n) is 11.0. The second-order valence-electron chi connectivity index (χ2n) is 4.75. The number of carboxylic acid groups (broad SMARTS) is 1. The van der Waals surface area contributed by atoms with Crippen molar-refractivity contribution in [3.63, 3.8) is 0 Å². The monoisotopic (exact) mass is 283 g/mol. The van der Waals surface area contributed by atoms with Crippen molar-refractivity contribution in [2.75, 3.05) is 19.8 Å². The summed E-state index contributed by atoms with van der Waals surface area (Å²) in [4.78, 5) is 11.0. The summed E-state index contributed by atoms with van der Waals surface area (Å²) in [5, 5.41) is 9.00. The van der Waals surface area contributed by atoms with E-state index in [1.165, 1.54) is 12.1 Å². The average Bonchev–Trinajstić information content (AvgIpc) is 2.43. The largest absolute Gasteiger partial charge is 0.487 e. The summed E-state index contributed by atoms with van der Waals surface area (Å²) in [6.07, 6.45) is 1.39. The number of ether oxygens (including phenoxy) is 2. The van der Waals surface area contributed by atoms with Crippen molar-refractivity contribution in [3.05, 3.63) is 29.6 Å². The molecule has 0 saturated carbocycles. The molecule has 1 aliphatic heterocycles. The fourth-order valence-electron chi connectivity index (χ4n) is 2.18. The molecule has 0 radical (unpaired) electrons. The number of benzene rings is 1. The third-order valence-electron chi connectivity index (χ3n) is 3.35. The lowest BCUT2D eigenvalue weighted by Gasteiger charge is -2.23. The molecule has 1 saturated heterocycles. The number of halogens is 1. The Morgan fingerprint density at radius 3 is 2.75 bits per heavy atom. The van der Waals surface area contributed by atoms with Gasteiger partial charge in [0.2, 0.25) is 0 Å². The Hall–Kier alpha value is -1.66. The number of hydrogen-bond acceptors (Lipinski definition) is 4. The summed E-state index contributed by atoms with van der Waals surface area (Å²) in [6, 6.07) is 4.19. The Bertz CT molecular complexity index is 474. The highest BCUT2D eigenvalue weighted by Gasteiger charge is 2.21. The molecule has 0 amide bonds. The van der Waals surface area contributed by atoms with Crippen molar-refractivity contribution in [1.82, 2.24) is 0 Å². The van der Waals surface area contributed by atoms with E-state index >= 15 is 0 Å². The van der Waals surface area contributed by atoms with Gasteiger partial charge in [-0.1, -0.05) is 6.07 Å². The Balaban J connectivity index is 2.10. The number of carbonyl (C=O) groups is 1. The Kier molecular flexibility index (Phi) is 4.92. The van der Waals surface area contributed by atoms with Crippen LogP contribution >= 0.6 is 0 Å². The van der Waals surface area contributed by atoms with Crippen molar-refractivity contribution in [2.24, 2.45) is 5.73 Å². The van der Waals surface area contributed by atoms with Crippen LogP contribution in [0.2, 0.25) is 0 Å². The van der Waals surface area contributed by atoms with Gasteiger partial charge in [0.05, 0.1) is 19.1 Å². The number of aliphatic carboxylic acids is 1. The average molecular weight is 283 g/mol. The van der Waals surface area contributed by atoms with Crippen molar-refractivity contribution in [2.45, 2.75) is 24.9 Å². The van der Waals surface area contributed by atoms with Gasteiger partial charge in [-0.15, -0.1) is 0 Å². The quantitative estimate of drug-likeness (QED) is 0.856. The summed E-state index contributed by atoms with van der Waals surface area (Å²) >= 11 is 0. The predicted molar refractivity (Wildman–Crippen MR) is 70.3 cm³/mol. The molecule has 1 heterocycles. The van der Waals surface area contributed by atoms with Crippen molar-refractivity contribution in [1.29, 1.82) is 0 Å². The van der Waals surface area contributed by atoms with Gasteiger partial charge in [0.25, 0.3) is 0 Å². The van der Waals surface area contributed by atoms with Gasteiger partial charge in [0.15, 0.2) is 11.6 Å². The predicted octanol–water partition coefficient (Wildman–Crippen LogP) is 1.51. The van der Waals surface area contributed by atoms with E-state index in [4.69, 9.17) is 20.3 Å². The molecule has 20 heavy (non-hydrogen) atoms. The van der Waals surface area contributed by atoms with E-state index in [-0.39, 0.29) is 18.4 Å². The molecule has 1 unspecified atom stereocenters. The van der Waals surface area contributed by atoms with E-state index < -0.39 is 17.7 Å². The van der Waals surface area contributed by atoms with Gasteiger partial charge in [0, 0.05) is 19.4 Å². The molecule has 0 aliphatic carbocycles. The maximum atomic E-state index is 14.0. The van der Waals surface area contributed by atoms with Crippen LogP contribution in [-0.2, 0) is 9.53 Å².